The minimum atomic E-state index is -4.59. The summed E-state index contributed by atoms with van der Waals surface area (Å²) in [6.45, 7) is 0. The summed E-state index contributed by atoms with van der Waals surface area (Å²) in [5.41, 5.74) is -5.71. The molecule has 2 aromatic carbocycles. The summed E-state index contributed by atoms with van der Waals surface area (Å²) < 4.78 is 85.5. The monoisotopic (exact) mass is 498 g/mol. The Bertz CT molecular complexity index is 1240. The van der Waals surface area contributed by atoms with Gasteiger partial charge in [-0.1, -0.05) is 6.07 Å². The lowest BCUT2D eigenvalue weighted by Crippen LogP contribution is -2.23. The van der Waals surface area contributed by atoms with Crippen molar-refractivity contribution in [1.29, 1.82) is 0 Å². The zero-order chi connectivity index (χ0) is 23.6. The first-order valence-corrected chi connectivity index (χ1v) is 12.3. The van der Waals surface area contributed by atoms with Gasteiger partial charge in [-0.15, -0.1) is 0 Å². The van der Waals surface area contributed by atoms with Gasteiger partial charge >= 0.3 is 5.51 Å². The fourth-order valence-electron chi connectivity index (χ4n) is 2.35. The first kappa shape index (κ1) is 24.6. The Morgan fingerprint density at radius 3 is 2.32 bits per heavy atom. The van der Waals surface area contributed by atoms with E-state index in [2.05, 4.69) is 5.32 Å². The molecule has 168 valence electrons. The summed E-state index contributed by atoms with van der Waals surface area (Å²) in [7, 11) is -8.45. The Kier molecular flexibility index (Phi) is 7.02. The van der Waals surface area contributed by atoms with Crippen LogP contribution < -0.4 is 5.32 Å². The summed E-state index contributed by atoms with van der Waals surface area (Å²) >= 11 is -0.433. The molecule has 0 radical (unpaired) electrons. The number of carbonyl (C=O) groups excluding carboxylic acids is 1. The number of benzene rings is 2. The van der Waals surface area contributed by atoms with Crippen molar-refractivity contribution in [3.63, 3.8) is 0 Å². The highest BCUT2D eigenvalue weighted by atomic mass is 32.2. The minimum absolute atomic E-state index is 0.114. The molecule has 0 atom stereocenters. The van der Waals surface area contributed by atoms with Crippen LogP contribution in [-0.4, -0.2) is 45.2 Å². The molecular formula is C16H13F3N2O7S3. The van der Waals surface area contributed by atoms with Crippen LogP contribution in [0.25, 0.3) is 0 Å². The van der Waals surface area contributed by atoms with Crippen molar-refractivity contribution < 1.29 is 39.7 Å². The van der Waals surface area contributed by atoms with Gasteiger partial charge in [-0.25, -0.2) is 16.8 Å². The van der Waals surface area contributed by atoms with E-state index in [4.69, 9.17) is 0 Å². The molecule has 15 heteroatoms. The molecule has 0 spiro atoms. The highest BCUT2D eigenvalue weighted by molar-refractivity contribution is 8.00. The quantitative estimate of drug-likeness (QED) is 0.349. The Hall–Kier alpha value is -2.65. The number of hydrogen-bond donors (Lipinski definition) is 1. The number of rotatable bonds is 7. The lowest BCUT2D eigenvalue weighted by molar-refractivity contribution is -0.388. The van der Waals surface area contributed by atoms with Gasteiger partial charge in [0, 0.05) is 22.9 Å². The number of nitro benzene ring substituents is 1. The van der Waals surface area contributed by atoms with E-state index in [1.807, 2.05) is 0 Å². The summed E-state index contributed by atoms with van der Waals surface area (Å²) in [6.07, 6.45) is 0.777. The van der Waals surface area contributed by atoms with Crippen LogP contribution in [0.3, 0.4) is 0 Å². The molecule has 2 rings (SSSR count). The SMILES string of the molecule is CS(=O)(=O)c1ccc(S(=O)(=O)CC(=O)Nc2cccc(SC(F)(F)F)c2)c([N+](=O)[O-])c1. The van der Waals surface area contributed by atoms with Gasteiger partial charge in [0.25, 0.3) is 5.69 Å². The van der Waals surface area contributed by atoms with Gasteiger partial charge in [-0.3, -0.25) is 14.9 Å². The van der Waals surface area contributed by atoms with E-state index in [1.54, 1.807) is 0 Å². The number of hydrogen-bond acceptors (Lipinski definition) is 8. The Morgan fingerprint density at radius 2 is 1.77 bits per heavy atom. The standard InChI is InChI=1S/C16H13F3N2O7S3/c1-30(25,26)12-5-6-14(13(8-12)21(23)24)31(27,28)9-15(22)20-10-3-2-4-11(7-10)29-16(17,18)19/h2-8H,9H2,1H3,(H,20,22). The van der Waals surface area contributed by atoms with Gasteiger partial charge in [-0.2, -0.15) is 13.2 Å². The third-order valence-electron chi connectivity index (χ3n) is 3.56. The second-order valence-corrected chi connectivity index (χ2v) is 11.2. The molecule has 0 bridgehead atoms. The number of sulfone groups is 2. The molecule has 31 heavy (non-hydrogen) atoms. The average molecular weight is 498 g/mol. The van der Waals surface area contributed by atoms with Crippen molar-refractivity contribution in [2.24, 2.45) is 0 Å². The number of thioether (sulfide) groups is 1. The fraction of sp³-hybridized carbons (Fsp3) is 0.188. The average Bonchev–Trinajstić information content (AvgIpc) is 2.58. The number of anilines is 1. The number of alkyl halides is 3. The molecule has 0 aliphatic rings. The van der Waals surface area contributed by atoms with Crippen LogP contribution in [-0.2, 0) is 24.5 Å². The highest BCUT2D eigenvalue weighted by Gasteiger charge is 2.31. The fourth-order valence-corrected chi connectivity index (χ4v) is 4.89. The summed E-state index contributed by atoms with van der Waals surface area (Å²) in [5, 5.41) is 13.3. The molecule has 2 aromatic rings. The maximum atomic E-state index is 12.5. The van der Waals surface area contributed by atoms with Crippen LogP contribution in [0.15, 0.2) is 57.2 Å². The first-order chi connectivity index (χ1) is 14.1. The van der Waals surface area contributed by atoms with E-state index >= 15 is 0 Å². The van der Waals surface area contributed by atoms with Crippen LogP contribution in [0.1, 0.15) is 0 Å². The molecule has 9 nitrogen and oxygen atoms in total. The van der Waals surface area contributed by atoms with Crippen molar-refractivity contribution in [3.05, 3.63) is 52.6 Å². The van der Waals surface area contributed by atoms with Crippen molar-refractivity contribution >= 4 is 48.7 Å². The van der Waals surface area contributed by atoms with Crippen LogP contribution in [0.5, 0.6) is 0 Å². The molecule has 0 aromatic heterocycles. The van der Waals surface area contributed by atoms with Crippen molar-refractivity contribution in [1.82, 2.24) is 0 Å². The highest BCUT2D eigenvalue weighted by Crippen LogP contribution is 2.37. The zero-order valence-electron chi connectivity index (χ0n) is 15.4. The number of amides is 1. The van der Waals surface area contributed by atoms with Crippen molar-refractivity contribution in [2.75, 3.05) is 17.3 Å². The second-order valence-electron chi connectivity index (χ2n) is 6.04. The smallest absolute Gasteiger partial charge is 0.325 e. The lowest BCUT2D eigenvalue weighted by Gasteiger charge is -2.10. The van der Waals surface area contributed by atoms with Crippen LogP contribution in [0.4, 0.5) is 24.5 Å². The number of nitrogens with one attached hydrogen (secondary N) is 1. The van der Waals surface area contributed by atoms with E-state index in [-0.39, 0.29) is 10.6 Å². The number of nitro groups is 1. The zero-order valence-corrected chi connectivity index (χ0v) is 17.9. The van der Waals surface area contributed by atoms with Gasteiger partial charge in [0.1, 0.15) is 10.6 Å². The van der Waals surface area contributed by atoms with Gasteiger partial charge in [0.2, 0.25) is 5.91 Å². The van der Waals surface area contributed by atoms with Gasteiger partial charge in [0.05, 0.1) is 9.82 Å². The summed E-state index contributed by atoms with van der Waals surface area (Å²) in [4.78, 5) is 20.6. The largest absolute Gasteiger partial charge is 0.446 e. The Balaban J connectivity index is 2.28. The molecule has 1 N–H and O–H groups in total. The topological polar surface area (TPSA) is 141 Å². The molecule has 0 unspecified atom stereocenters. The molecule has 0 heterocycles. The third-order valence-corrected chi connectivity index (χ3v) is 7.05. The predicted octanol–water partition coefficient (Wildman–Crippen LogP) is 3.02. The molecular weight excluding hydrogens is 485 g/mol. The van der Waals surface area contributed by atoms with E-state index in [1.165, 1.54) is 12.1 Å². The molecule has 0 fully saturated rings. The molecule has 0 aliphatic carbocycles. The maximum Gasteiger partial charge on any atom is 0.446 e. The lowest BCUT2D eigenvalue weighted by atomic mass is 10.3. The minimum Gasteiger partial charge on any atom is -0.325 e. The van der Waals surface area contributed by atoms with Crippen molar-refractivity contribution in [2.45, 2.75) is 20.2 Å². The molecule has 0 aliphatic heterocycles. The van der Waals surface area contributed by atoms with E-state index in [9.17, 15) is 44.9 Å². The van der Waals surface area contributed by atoms with Crippen LogP contribution >= 0.6 is 11.8 Å². The summed E-state index contributed by atoms with van der Waals surface area (Å²) in [5.74, 6) is -2.42. The van der Waals surface area contributed by atoms with Crippen LogP contribution in [0, 0.1) is 10.1 Å². The number of carbonyl (C=O) groups is 1. The maximum absolute atomic E-state index is 12.5. The Labute approximate surface area is 178 Å². The summed E-state index contributed by atoms with van der Waals surface area (Å²) in [6, 6.07) is 6.69. The van der Waals surface area contributed by atoms with Crippen molar-refractivity contribution in [3.8, 4) is 0 Å². The van der Waals surface area contributed by atoms with Gasteiger partial charge in [-0.05, 0) is 42.1 Å². The van der Waals surface area contributed by atoms with Crippen LogP contribution in [0.2, 0.25) is 0 Å². The third kappa shape index (κ3) is 6.93. The van der Waals surface area contributed by atoms with E-state index in [0.717, 1.165) is 24.5 Å². The number of halogens is 3. The molecule has 0 saturated carbocycles. The normalized spacial score (nSPS) is 12.4. The number of nitrogens with zero attached hydrogens (tertiary/aromatic N) is 1. The van der Waals surface area contributed by atoms with E-state index in [0.29, 0.717) is 12.1 Å². The molecule has 1 amide bonds. The van der Waals surface area contributed by atoms with Gasteiger partial charge in [0.15, 0.2) is 19.7 Å². The predicted molar refractivity (Wildman–Crippen MR) is 105 cm³/mol. The van der Waals surface area contributed by atoms with E-state index < -0.39 is 69.0 Å². The molecule has 0 saturated heterocycles. The first-order valence-electron chi connectivity index (χ1n) is 7.95. The van der Waals surface area contributed by atoms with Gasteiger partial charge < -0.3 is 5.32 Å². The Morgan fingerprint density at radius 1 is 1.13 bits per heavy atom. The second kappa shape index (κ2) is 8.84.